The first-order chi connectivity index (χ1) is 15.2. The Kier molecular flexibility index (Phi) is 5.49. The van der Waals surface area contributed by atoms with Crippen molar-refractivity contribution >= 4 is 34.2 Å². The van der Waals surface area contributed by atoms with E-state index < -0.39 is 29.6 Å². The Hall–Kier alpha value is -3.63. The van der Waals surface area contributed by atoms with Crippen molar-refractivity contribution in [2.75, 3.05) is 11.1 Å². The monoisotopic (exact) mass is 446 g/mol. The van der Waals surface area contributed by atoms with Gasteiger partial charge in [-0.3, -0.25) is 14.7 Å². The van der Waals surface area contributed by atoms with Crippen LogP contribution in [0.25, 0.3) is 10.9 Å². The number of H-pyrrole nitrogens is 1. The molecule has 0 aliphatic heterocycles. The molecule has 4 N–H and O–H groups in total. The SMILES string of the molecule is CC(c1ccc(C(F)(F)F)cc1)N(C(=O)C(=O)Nc1cnc(N)c2cn[nH]c12)C1CCC1. The van der Waals surface area contributed by atoms with Crippen molar-refractivity contribution in [3.8, 4) is 0 Å². The summed E-state index contributed by atoms with van der Waals surface area (Å²) in [4.78, 5) is 31.4. The van der Waals surface area contributed by atoms with Crippen molar-refractivity contribution in [1.82, 2.24) is 20.1 Å². The zero-order chi connectivity index (χ0) is 23.0. The number of carbonyl (C=O) groups excluding carboxylic acids is 2. The molecular formula is C21H21F3N6O2. The number of anilines is 2. The summed E-state index contributed by atoms with van der Waals surface area (Å²) >= 11 is 0. The van der Waals surface area contributed by atoms with E-state index in [0.29, 0.717) is 16.5 Å². The van der Waals surface area contributed by atoms with Crippen molar-refractivity contribution in [2.45, 2.75) is 44.4 Å². The van der Waals surface area contributed by atoms with Gasteiger partial charge < -0.3 is 16.0 Å². The van der Waals surface area contributed by atoms with Crippen molar-refractivity contribution in [3.05, 3.63) is 47.8 Å². The van der Waals surface area contributed by atoms with Gasteiger partial charge in [-0.2, -0.15) is 18.3 Å². The summed E-state index contributed by atoms with van der Waals surface area (Å²) in [7, 11) is 0. The molecule has 3 aromatic rings. The van der Waals surface area contributed by atoms with Gasteiger partial charge in [0.2, 0.25) is 0 Å². The third-order valence-electron chi connectivity index (χ3n) is 5.80. The maximum atomic E-state index is 13.1. The fourth-order valence-electron chi connectivity index (χ4n) is 3.78. The number of nitrogen functional groups attached to an aromatic ring is 1. The van der Waals surface area contributed by atoms with E-state index in [9.17, 15) is 22.8 Å². The molecule has 1 aromatic carbocycles. The molecule has 2 heterocycles. The van der Waals surface area contributed by atoms with Crippen LogP contribution in [0.1, 0.15) is 43.4 Å². The first-order valence-corrected chi connectivity index (χ1v) is 10.0. The zero-order valence-electron chi connectivity index (χ0n) is 17.1. The highest BCUT2D eigenvalue weighted by atomic mass is 19.4. The van der Waals surface area contributed by atoms with Crippen LogP contribution >= 0.6 is 0 Å². The van der Waals surface area contributed by atoms with Crippen LogP contribution in [-0.4, -0.2) is 37.9 Å². The second-order valence-electron chi connectivity index (χ2n) is 7.76. The number of nitrogens with two attached hydrogens (primary N) is 1. The molecule has 2 amide bonds. The van der Waals surface area contributed by atoms with Crippen LogP contribution < -0.4 is 11.1 Å². The Bertz CT molecular complexity index is 1150. The summed E-state index contributed by atoms with van der Waals surface area (Å²) in [5, 5.41) is 9.65. The molecule has 1 saturated carbocycles. The molecule has 168 valence electrons. The van der Waals surface area contributed by atoms with Gasteiger partial charge >= 0.3 is 18.0 Å². The van der Waals surface area contributed by atoms with Gasteiger partial charge in [0.15, 0.2) is 0 Å². The van der Waals surface area contributed by atoms with E-state index in [1.54, 1.807) is 6.92 Å². The molecule has 0 radical (unpaired) electrons. The summed E-state index contributed by atoms with van der Waals surface area (Å²) < 4.78 is 38.7. The van der Waals surface area contributed by atoms with Crippen LogP contribution in [0.4, 0.5) is 24.7 Å². The van der Waals surface area contributed by atoms with Crippen molar-refractivity contribution in [3.63, 3.8) is 0 Å². The highest BCUT2D eigenvalue weighted by Crippen LogP contribution is 2.35. The number of hydrogen-bond acceptors (Lipinski definition) is 5. The van der Waals surface area contributed by atoms with Crippen LogP contribution in [0, 0.1) is 0 Å². The van der Waals surface area contributed by atoms with Gasteiger partial charge in [0, 0.05) is 6.04 Å². The van der Waals surface area contributed by atoms with Crippen molar-refractivity contribution in [2.24, 2.45) is 0 Å². The Morgan fingerprint density at radius 2 is 1.91 bits per heavy atom. The Morgan fingerprint density at radius 1 is 1.22 bits per heavy atom. The molecule has 11 heteroatoms. The van der Waals surface area contributed by atoms with E-state index in [1.165, 1.54) is 29.4 Å². The molecule has 1 fully saturated rings. The maximum absolute atomic E-state index is 13.1. The first-order valence-electron chi connectivity index (χ1n) is 10.0. The fraction of sp³-hybridized carbons (Fsp3) is 0.333. The minimum atomic E-state index is -4.45. The highest BCUT2D eigenvalue weighted by Gasteiger charge is 2.37. The number of aromatic amines is 1. The van der Waals surface area contributed by atoms with E-state index in [4.69, 9.17) is 5.73 Å². The number of benzene rings is 1. The van der Waals surface area contributed by atoms with Crippen LogP contribution in [-0.2, 0) is 15.8 Å². The number of carbonyl (C=O) groups is 2. The molecule has 32 heavy (non-hydrogen) atoms. The molecule has 2 aromatic heterocycles. The van der Waals surface area contributed by atoms with Gasteiger partial charge in [-0.25, -0.2) is 4.98 Å². The lowest BCUT2D eigenvalue weighted by molar-refractivity contribution is -0.148. The fourth-order valence-corrected chi connectivity index (χ4v) is 3.78. The molecular weight excluding hydrogens is 425 g/mol. The second-order valence-corrected chi connectivity index (χ2v) is 7.76. The third kappa shape index (κ3) is 3.97. The molecule has 1 aliphatic carbocycles. The lowest BCUT2D eigenvalue weighted by Crippen LogP contribution is -2.49. The van der Waals surface area contributed by atoms with Gasteiger partial charge in [-0.05, 0) is 43.9 Å². The predicted molar refractivity (Wildman–Crippen MR) is 111 cm³/mol. The lowest BCUT2D eigenvalue weighted by atomic mass is 9.89. The number of rotatable bonds is 4. The number of pyridine rings is 1. The molecule has 0 bridgehead atoms. The first kappa shape index (κ1) is 21.6. The average molecular weight is 446 g/mol. The van der Waals surface area contributed by atoms with E-state index in [2.05, 4.69) is 20.5 Å². The second kappa shape index (κ2) is 8.13. The molecule has 1 unspecified atom stereocenters. The van der Waals surface area contributed by atoms with E-state index in [-0.39, 0.29) is 17.5 Å². The summed E-state index contributed by atoms with van der Waals surface area (Å²) in [6.07, 6.45) is 0.690. The minimum absolute atomic E-state index is 0.165. The standard InChI is InChI=1S/C21H21F3N6O2/c1-11(12-5-7-13(8-6-12)21(22,23)24)30(14-3-2-4-14)20(32)19(31)28-16-10-26-18(25)15-9-27-29-17(15)16/h5-11,14H,2-4H2,1H3,(H2,25,26)(H,27,29)(H,28,31). The Morgan fingerprint density at radius 3 is 2.50 bits per heavy atom. The largest absolute Gasteiger partial charge is 0.416 e. The molecule has 1 atom stereocenters. The van der Waals surface area contributed by atoms with Crippen LogP contribution in [0.15, 0.2) is 36.7 Å². The highest BCUT2D eigenvalue weighted by molar-refractivity contribution is 6.40. The topological polar surface area (TPSA) is 117 Å². The molecule has 0 spiro atoms. The van der Waals surface area contributed by atoms with E-state index in [1.807, 2.05) is 0 Å². The third-order valence-corrected chi connectivity index (χ3v) is 5.80. The number of alkyl halides is 3. The normalized spacial score (nSPS) is 15.2. The van der Waals surface area contributed by atoms with Crippen molar-refractivity contribution in [1.29, 1.82) is 0 Å². The average Bonchev–Trinajstić information content (AvgIpc) is 3.22. The van der Waals surface area contributed by atoms with Crippen molar-refractivity contribution < 1.29 is 22.8 Å². The Balaban J connectivity index is 1.57. The number of nitrogens with zero attached hydrogens (tertiary/aromatic N) is 3. The molecule has 4 rings (SSSR count). The smallest absolute Gasteiger partial charge is 0.383 e. The number of aromatic nitrogens is 3. The summed E-state index contributed by atoms with van der Waals surface area (Å²) in [6.45, 7) is 1.70. The molecule has 1 aliphatic rings. The van der Waals surface area contributed by atoms with Crippen LogP contribution in [0.3, 0.4) is 0 Å². The van der Waals surface area contributed by atoms with Gasteiger partial charge in [0.1, 0.15) is 5.82 Å². The van der Waals surface area contributed by atoms with E-state index >= 15 is 0 Å². The van der Waals surface area contributed by atoms with Crippen LogP contribution in [0.5, 0.6) is 0 Å². The van der Waals surface area contributed by atoms with Gasteiger partial charge in [0.25, 0.3) is 0 Å². The Labute approximate surface area is 181 Å². The summed E-state index contributed by atoms with van der Waals surface area (Å²) in [6, 6.07) is 3.87. The van der Waals surface area contributed by atoms with Gasteiger partial charge in [-0.15, -0.1) is 0 Å². The lowest BCUT2D eigenvalue weighted by Gasteiger charge is -2.41. The number of fused-ring (bicyclic) bond motifs is 1. The number of nitrogens with one attached hydrogen (secondary N) is 2. The molecule has 0 saturated heterocycles. The summed E-state index contributed by atoms with van der Waals surface area (Å²) in [5.41, 5.74) is 6.21. The van der Waals surface area contributed by atoms with Gasteiger partial charge in [-0.1, -0.05) is 12.1 Å². The predicted octanol–water partition coefficient (Wildman–Crippen LogP) is 3.64. The van der Waals surface area contributed by atoms with E-state index in [0.717, 1.165) is 31.4 Å². The summed E-state index contributed by atoms with van der Waals surface area (Å²) in [5.74, 6) is -1.42. The quantitative estimate of drug-likeness (QED) is 0.529. The van der Waals surface area contributed by atoms with Crippen LogP contribution in [0.2, 0.25) is 0 Å². The molecule has 8 nitrogen and oxygen atoms in total. The number of halogens is 3. The maximum Gasteiger partial charge on any atom is 0.416 e. The zero-order valence-corrected chi connectivity index (χ0v) is 17.1. The number of hydrogen-bond donors (Lipinski definition) is 3. The number of amides is 2. The van der Waals surface area contributed by atoms with Gasteiger partial charge in [0.05, 0.1) is 40.6 Å². The minimum Gasteiger partial charge on any atom is -0.383 e.